The number of hydrogen-bond acceptors (Lipinski definition) is 8. The van der Waals surface area contributed by atoms with E-state index >= 15 is 0 Å². The molecule has 13 nitrogen and oxygen atoms in total. The van der Waals surface area contributed by atoms with Crippen LogP contribution < -0.4 is 33.2 Å². The van der Waals surface area contributed by atoms with Crippen LogP contribution in [0.1, 0.15) is 38.8 Å². The average Bonchev–Trinajstić information content (AvgIpc) is 3.09. The molecule has 178 valence electrons. The fourth-order valence-electron chi connectivity index (χ4n) is 2.47. The van der Waals surface area contributed by atoms with Crippen molar-refractivity contribution < 1.29 is 24.3 Å². The maximum atomic E-state index is 12.3. The van der Waals surface area contributed by atoms with Crippen LogP contribution in [0.3, 0.4) is 0 Å². The number of carbonyl (C=O) groups excluding carboxylic acids is 3. The van der Waals surface area contributed by atoms with Gasteiger partial charge in [-0.15, -0.1) is 11.3 Å². The highest BCUT2D eigenvalue weighted by atomic mass is 32.1. The minimum Gasteiger partial charge on any atom is -0.481 e. The Morgan fingerprint density at radius 1 is 1.19 bits per heavy atom. The van der Waals surface area contributed by atoms with Crippen LogP contribution in [0.2, 0.25) is 0 Å². The van der Waals surface area contributed by atoms with Crippen LogP contribution in [0.4, 0.5) is 5.13 Å². The van der Waals surface area contributed by atoms with E-state index in [1.165, 1.54) is 0 Å². The lowest BCUT2D eigenvalue weighted by atomic mass is 10.1. The number of aliphatic imine (C=N–C) groups is 1. The van der Waals surface area contributed by atoms with Crippen molar-refractivity contribution in [3.05, 3.63) is 11.1 Å². The first-order chi connectivity index (χ1) is 15.0. The van der Waals surface area contributed by atoms with E-state index < -0.39 is 42.2 Å². The number of aromatic nitrogens is 1. The lowest BCUT2D eigenvalue weighted by Crippen LogP contribution is -2.49. The SMILES string of the molecule is CC(C)NC(=O)[C@H](CC(=O)O)NC(=O)Cc1csc(NC(=O)[C@@H](N)CCCN=C(N)N)n1. The molecule has 14 heteroatoms. The van der Waals surface area contributed by atoms with Crippen molar-refractivity contribution in [1.29, 1.82) is 0 Å². The van der Waals surface area contributed by atoms with Gasteiger partial charge in [-0.3, -0.25) is 24.2 Å². The van der Waals surface area contributed by atoms with E-state index in [2.05, 4.69) is 25.9 Å². The molecule has 32 heavy (non-hydrogen) atoms. The largest absolute Gasteiger partial charge is 0.481 e. The lowest BCUT2D eigenvalue weighted by Gasteiger charge is -2.18. The first-order valence-corrected chi connectivity index (χ1v) is 10.7. The van der Waals surface area contributed by atoms with Crippen LogP contribution in [0, 0.1) is 0 Å². The van der Waals surface area contributed by atoms with E-state index in [0.717, 1.165) is 11.3 Å². The van der Waals surface area contributed by atoms with Crippen LogP contribution in [0.25, 0.3) is 0 Å². The molecule has 0 aromatic carbocycles. The van der Waals surface area contributed by atoms with Crippen molar-refractivity contribution in [2.45, 2.75) is 57.7 Å². The van der Waals surface area contributed by atoms with Gasteiger partial charge in [-0.2, -0.15) is 0 Å². The van der Waals surface area contributed by atoms with Gasteiger partial charge in [0, 0.05) is 18.0 Å². The Balaban J connectivity index is 2.58. The number of carboxylic acids is 1. The third kappa shape index (κ3) is 10.7. The van der Waals surface area contributed by atoms with Crippen LogP contribution in [-0.4, -0.2) is 64.4 Å². The van der Waals surface area contributed by atoms with Gasteiger partial charge in [0.1, 0.15) is 6.04 Å². The average molecular weight is 471 g/mol. The molecule has 1 aromatic rings. The van der Waals surface area contributed by atoms with E-state index in [1.807, 2.05) is 0 Å². The number of nitrogens with two attached hydrogens (primary N) is 3. The Morgan fingerprint density at radius 2 is 1.88 bits per heavy atom. The zero-order valence-corrected chi connectivity index (χ0v) is 18.8. The van der Waals surface area contributed by atoms with Crippen molar-refractivity contribution in [3.63, 3.8) is 0 Å². The Morgan fingerprint density at radius 3 is 2.47 bits per heavy atom. The normalized spacial score (nSPS) is 12.5. The Bertz CT molecular complexity index is 837. The first kappa shape index (κ1) is 26.8. The fraction of sp³-hybridized carbons (Fsp3) is 0.556. The minimum atomic E-state index is -1.22. The molecule has 0 aliphatic rings. The van der Waals surface area contributed by atoms with Gasteiger partial charge in [-0.25, -0.2) is 4.98 Å². The molecule has 10 N–H and O–H groups in total. The minimum absolute atomic E-state index is 0.0304. The molecule has 0 fully saturated rings. The monoisotopic (exact) mass is 470 g/mol. The molecule has 0 bridgehead atoms. The van der Waals surface area contributed by atoms with Crippen molar-refractivity contribution in [3.8, 4) is 0 Å². The Hall–Kier alpha value is -3.26. The maximum Gasteiger partial charge on any atom is 0.305 e. The van der Waals surface area contributed by atoms with Gasteiger partial charge < -0.3 is 38.3 Å². The van der Waals surface area contributed by atoms with Gasteiger partial charge in [0.2, 0.25) is 17.7 Å². The quantitative estimate of drug-likeness (QED) is 0.101. The highest BCUT2D eigenvalue weighted by molar-refractivity contribution is 7.13. The Kier molecular flexibility index (Phi) is 11.1. The molecule has 0 saturated carbocycles. The maximum absolute atomic E-state index is 12.3. The van der Waals surface area contributed by atoms with Gasteiger partial charge in [0.15, 0.2) is 11.1 Å². The topological polar surface area (TPSA) is 228 Å². The molecule has 0 aliphatic carbocycles. The summed E-state index contributed by atoms with van der Waals surface area (Å²) in [6, 6.07) is -2.20. The molecule has 1 rings (SSSR count). The highest BCUT2D eigenvalue weighted by Crippen LogP contribution is 2.16. The number of carboxylic acid groups (broad SMARTS) is 1. The predicted molar refractivity (Wildman–Crippen MR) is 120 cm³/mol. The Labute approximate surface area is 189 Å². The van der Waals surface area contributed by atoms with Crippen LogP contribution in [0.5, 0.6) is 0 Å². The van der Waals surface area contributed by atoms with Gasteiger partial charge >= 0.3 is 5.97 Å². The van der Waals surface area contributed by atoms with E-state index in [-0.39, 0.29) is 23.6 Å². The number of nitrogens with one attached hydrogen (secondary N) is 3. The lowest BCUT2D eigenvalue weighted by molar-refractivity contribution is -0.140. The molecule has 3 amide bonds. The molecular formula is C18H30N8O5S. The number of guanidine groups is 1. The summed E-state index contributed by atoms with van der Waals surface area (Å²) in [5.74, 6) is -2.85. The second-order valence-electron chi connectivity index (χ2n) is 7.25. The summed E-state index contributed by atoms with van der Waals surface area (Å²) in [7, 11) is 0. The molecular weight excluding hydrogens is 440 g/mol. The molecule has 1 heterocycles. The van der Waals surface area contributed by atoms with E-state index in [4.69, 9.17) is 22.3 Å². The predicted octanol–water partition coefficient (Wildman–Crippen LogP) is -1.51. The zero-order valence-electron chi connectivity index (χ0n) is 18.0. The van der Waals surface area contributed by atoms with E-state index in [1.54, 1.807) is 19.2 Å². The van der Waals surface area contributed by atoms with E-state index in [9.17, 15) is 19.2 Å². The number of aliphatic carboxylic acids is 1. The zero-order chi connectivity index (χ0) is 24.3. The summed E-state index contributed by atoms with van der Waals surface area (Å²) in [6.07, 6.45) is 0.149. The highest BCUT2D eigenvalue weighted by Gasteiger charge is 2.24. The number of carbonyl (C=O) groups is 4. The standard InChI is InChI=1S/C18H30N8O5S/c1-9(2)23-16(31)12(7-14(28)29)25-13(27)6-10-8-32-18(24-10)26-15(30)11(19)4-3-5-22-17(20)21/h8-9,11-12H,3-7,19H2,1-2H3,(H,23,31)(H,25,27)(H,28,29)(H4,20,21,22)(H,24,26,30)/t11-,12-/m0/s1. The number of nitrogens with zero attached hydrogens (tertiary/aromatic N) is 2. The molecule has 0 radical (unpaired) electrons. The molecule has 2 atom stereocenters. The third-order valence-corrected chi connectivity index (χ3v) is 4.70. The van der Waals surface area contributed by atoms with Crippen molar-refractivity contribution in [2.75, 3.05) is 11.9 Å². The van der Waals surface area contributed by atoms with Crippen LogP contribution in [0.15, 0.2) is 10.4 Å². The first-order valence-electron chi connectivity index (χ1n) is 9.85. The number of rotatable bonds is 13. The summed E-state index contributed by atoms with van der Waals surface area (Å²) in [4.78, 5) is 55.5. The number of anilines is 1. The van der Waals surface area contributed by atoms with Gasteiger partial charge in [-0.05, 0) is 26.7 Å². The summed E-state index contributed by atoms with van der Waals surface area (Å²) in [5.41, 5.74) is 16.6. The molecule has 1 aromatic heterocycles. The van der Waals surface area contributed by atoms with Crippen molar-refractivity contribution in [1.82, 2.24) is 15.6 Å². The summed E-state index contributed by atoms with van der Waals surface area (Å²) < 4.78 is 0. The summed E-state index contributed by atoms with van der Waals surface area (Å²) in [5, 5.41) is 18.4. The number of hydrogen-bond donors (Lipinski definition) is 7. The molecule has 0 unspecified atom stereocenters. The van der Waals surface area contributed by atoms with E-state index in [0.29, 0.717) is 25.1 Å². The fourth-order valence-corrected chi connectivity index (χ4v) is 3.19. The third-order valence-electron chi connectivity index (χ3n) is 3.89. The molecule has 0 saturated heterocycles. The smallest absolute Gasteiger partial charge is 0.305 e. The van der Waals surface area contributed by atoms with Gasteiger partial charge in [-0.1, -0.05) is 0 Å². The molecule has 0 spiro atoms. The second-order valence-corrected chi connectivity index (χ2v) is 8.10. The summed E-state index contributed by atoms with van der Waals surface area (Å²) >= 11 is 1.11. The second kappa shape index (κ2) is 13.2. The van der Waals surface area contributed by atoms with Crippen LogP contribution in [-0.2, 0) is 25.6 Å². The van der Waals surface area contributed by atoms with Gasteiger partial charge in [0.05, 0.1) is 24.6 Å². The number of thiazole rings is 1. The van der Waals surface area contributed by atoms with Crippen molar-refractivity contribution >= 4 is 46.1 Å². The van der Waals surface area contributed by atoms with Crippen LogP contribution >= 0.6 is 11.3 Å². The summed E-state index contributed by atoms with van der Waals surface area (Å²) in [6.45, 7) is 3.80. The number of amides is 3. The van der Waals surface area contributed by atoms with Crippen molar-refractivity contribution in [2.24, 2.45) is 22.2 Å². The molecule has 0 aliphatic heterocycles. The van der Waals surface area contributed by atoms with Gasteiger partial charge in [0.25, 0.3) is 0 Å².